The molecule has 2 aliphatic heterocycles. The lowest BCUT2D eigenvalue weighted by atomic mass is 9.95. The van der Waals surface area contributed by atoms with Crippen LogP contribution in [0.2, 0.25) is 0 Å². The first-order valence-corrected chi connectivity index (χ1v) is 13.2. The number of aliphatic hydroxyl groups is 1. The van der Waals surface area contributed by atoms with Gasteiger partial charge in [-0.3, -0.25) is 14.6 Å². The predicted molar refractivity (Wildman–Crippen MR) is 133 cm³/mol. The molecule has 190 valence electrons. The topological polar surface area (TPSA) is 108 Å². The van der Waals surface area contributed by atoms with Crippen molar-refractivity contribution in [3.8, 4) is 0 Å². The van der Waals surface area contributed by atoms with Crippen LogP contribution in [0.1, 0.15) is 35.6 Å². The van der Waals surface area contributed by atoms with Crippen LogP contribution < -0.4 is 0 Å². The van der Waals surface area contributed by atoms with Crippen molar-refractivity contribution in [2.75, 3.05) is 13.1 Å². The highest BCUT2D eigenvalue weighted by Gasteiger charge is 2.46. The van der Waals surface area contributed by atoms with Gasteiger partial charge in [0, 0.05) is 37.6 Å². The molecule has 1 aromatic heterocycles. The molecule has 2 fully saturated rings. The van der Waals surface area contributed by atoms with Gasteiger partial charge in [0.25, 0.3) is 11.7 Å². The molecule has 8 nitrogen and oxygen atoms in total. The van der Waals surface area contributed by atoms with Crippen LogP contribution in [0.15, 0.2) is 83.5 Å². The van der Waals surface area contributed by atoms with Gasteiger partial charge in [0.2, 0.25) is 10.0 Å². The molecule has 2 aliphatic rings. The minimum atomic E-state index is -3.66. The number of aliphatic hydroxyl groups excluding tert-OH is 1. The third-order valence-electron chi connectivity index (χ3n) is 6.63. The Morgan fingerprint density at radius 2 is 1.68 bits per heavy atom. The first-order chi connectivity index (χ1) is 17.8. The SMILES string of the molecule is O=C1C(=O)N(Cc2cccnc2)[C@H](c2ccc(F)cc2)C1=C(O)c1ccc(S(=O)(=O)N2CCCC2)cc1. The average Bonchev–Trinajstić information content (AvgIpc) is 3.54. The predicted octanol–water partition coefficient (Wildman–Crippen LogP) is 3.63. The van der Waals surface area contributed by atoms with Gasteiger partial charge in [0.1, 0.15) is 11.6 Å². The van der Waals surface area contributed by atoms with E-state index in [9.17, 15) is 27.5 Å². The van der Waals surface area contributed by atoms with E-state index in [0.717, 1.165) is 12.8 Å². The van der Waals surface area contributed by atoms with Crippen LogP contribution in [0.4, 0.5) is 4.39 Å². The van der Waals surface area contributed by atoms with Crippen LogP contribution in [0, 0.1) is 5.82 Å². The molecular formula is C27H24FN3O5S. The van der Waals surface area contributed by atoms with Crippen molar-refractivity contribution >= 4 is 27.5 Å². The number of nitrogens with zero attached hydrogens (tertiary/aromatic N) is 3. The van der Waals surface area contributed by atoms with E-state index in [-0.39, 0.29) is 22.6 Å². The zero-order valence-corrected chi connectivity index (χ0v) is 20.6. The lowest BCUT2D eigenvalue weighted by Gasteiger charge is -2.25. The molecule has 37 heavy (non-hydrogen) atoms. The van der Waals surface area contributed by atoms with Crippen molar-refractivity contribution in [1.82, 2.24) is 14.2 Å². The number of ketones is 1. The standard InChI is InChI=1S/C27H24FN3O5S/c28-21-9-5-19(6-10-21)24-23(26(33)27(34)31(24)17-18-4-3-13-29-16-18)25(32)20-7-11-22(12-8-20)37(35,36)30-14-1-2-15-30/h3-13,16,24,32H,1-2,14-15,17H2/t24-/m1/s1. The van der Waals surface area contributed by atoms with Crippen molar-refractivity contribution < 1.29 is 27.5 Å². The number of carbonyl (C=O) groups is 2. The number of benzene rings is 2. The molecule has 2 saturated heterocycles. The number of likely N-dealkylation sites (tertiary alicyclic amines) is 1. The van der Waals surface area contributed by atoms with E-state index in [2.05, 4.69) is 4.98 Å². The zero-order valence-electron chi connectivity index (χ0n) is 19.7. The Kier molecular flexibility index (Phi) is 6.61. The molecule has 1 N–H and O–H groups in total. The summed E-state index contributed by atoms with van der Waals surface area (Å²) in [7, 11) is -3.66. The van der Waals surface area contributed by atoms with Gasteiger partial charge in [-0.1, -0.05) is 18.2 Å². The van der Waals surface area contributed by atoms with Gasteiger partial charge in [0.05, 0.1) is 16.5 Å². The molecule has 3 heterocycles. The number of amides is 1. The summed E-state index contributed by atoms with van der Waals surface area (Å²) in [6.45, 7) is 0.967. The lowest BCUT2D eigenvalue weighted by molar-refractivity contribution is -0.140. The molecule has 10 heteroatoms. The summed E-state index contributed by atoms with van der Waals surface area (Å²) in [6.07, 6.45) is 4.77. The summed E-state index contributed by atoms with van der Waals surface area (Å²) in [5.74, 6) is -2.62. The maximum atomic E-state index is 13.7. The zero-order chi connectivity index (χ0) is 26.2. The Morgan fingerprint density at radius 3 is 2.30 bits per heavy atom. The molecule has 2 aromatic carbocycles. The minimum Gasteiger partial charge on any atom is -0.507 e. The largest absolute Gasteiger partial charge is 0.507 e. The number of hydrogen-bond acceptors (Lipinski definition) is 6. The van der Waals surface area contributed by atoms with Crippen LogP contribution in [0.5, 0.6) is 0 Å². The van der Waals surface area contributed by atoms with Crippen LogP contribution in [0.25, 0.3) is 5.76 Å². The summed E-state index contributed by atoms with van der Waals surface area (Å²) in [5.41, 5.74) is 1.15. The van der Waals surface area contributed by atoms with E-state index in [0.29, 0.717) is 24.2 Å². The van der Waals surface area contributed by atoms with Crippen molar-refractivity contribution in [3.63, 3.8) is 0 Å². The quantitative estimate of drug-likeness (QED) is 0.302. The molecule has 0 aliphatic carbocycles. The van der Waals surface area contributed by atoms with Crippen LogP contribution in [-0.4, -0.2) is 52.5 Å². The fourth-order valence-corrected chi connectivity index (χ4v) is 6.26. The van der Waals surface area contributed by atoms with Crippen molar-refractivity contribution in [3.05, 3.63) is 101 Å². The summed E-state index contributed by atoms with van der Waals surface area (Å²) < 4.78 is 40.8. The van der Waals surface area contributed by atoms with Gasteiger partial charge < -0.3 is 10.0 Å². The van der Waals surface area contributed by atoms with E-state index < -0.39 is 39.3 Å². The van der Waals surface area contributed by atoms with Crippen molar-refractivity contribution in [2.45, 2.75) is 30.3 Å². The third kappa shape index (κ3) is 4.65. The summed E-state index contributed by atoms with van der Waals surface area (Å²) in [5, 5.41) is 11.2. The molecule has 0 radical (unpaired) electrons. The molecule has 5 rings (SSSR count). The fourth-order valence-electron chi connectivity index (χ4n) is 4.74. The summed E-state index contributed by atoms with van der Waals surface area (Å²) in [4.78, 5) is 31.7. The Balaban J connectivity index is 1.56. The van der Waals surface area contributed by atoms with Crippen molar-refractivity contribution in [2.24, 2.45) is 0 Å². The smallest absolute Gasteiger partial charge is 0.295 e. The molecule has 3 aromatic rings. The maximum Gasteiger partial charge on any atom is 0.295 e. The third-order valence-corrected chi connectivity index (χ3v) is 8.54. The first kappa shape index (κ1) is 24.8. The highest BCUT2D eigenvalue weighted by atomic mass is 32.2. The number of rotatable bonds is 6. The van der Waals surface area contributed by atoms with Gasteiger partial charge in [0.15, 0.2) is 0 Å². The average molecular weight is 522 g/mol. The molecule has 1 atom stereocenters. The number of carbonyl (C=O) groups excluding carboxylic acids is 2. The molecular weight excluding hydrogens is 497 g/mol. The minimum absolute atomic E-state index is 0.0459. The monoisotopic (exact) mass is 521 g/mol. The van der Waals surface area contributed by atoms with Gasteiger partial charge >= 0.3 is 0 Å². The van der Waals surface area contributed by atoms with Crippen LogP contribution >= 0.6 is 0 Å². The van der Waals surface area contributed by atoms with Crippen molar-refractivity contribution in [1.29, 1.82) is 0 Å². The Morgan fingerprint density at radius 1 is 1.00 bits per heavy atom. The van der Waals surface area contributed by atoms with E-state index in [1.54, 1.807) is 24.5 Å². The number of Topliss-reactive ketones (excluding diaryl/α,β-unsaturated/α-hetero) is 1. The number of aromatic nitrogens is 1. The Labute approximate surface area is 213 Å². The number of sulfonamides is 1. The van der Waals surface area contributed by atoms with E-state index in [1.807, 2.05) is 0 Å². The molecule has 0 saturated carbocycles. The molecule has 0 bridgehead atoms. The van der Waals surface area contributed by atoms with Gasteiger partial charge in [-0.2, -0.15) is 4.31 Å². The van der Waals surface area contributed by atoms with E-state index in [1.165, 1.54) is 57.7 Å². The maximum absolute atomic E-state index is 13.7. The lowest BCUT2D eigenvalue weighted by Crippen LogP contribution is -2.29. The van der Waals surface area contributed by atoms with Gasteiger partial charge in [-0.15, -0.1) is 0 Å². The van der Waals surface area contributed by atoms with E-state index >= 15 is 0 Å². The van der Waals surface area contributed by atoms with Gasteiger partial charge in [-0.05, 0) is 66.4 Å². The normalized spacial score (nSPS) is 20.0. The second-order valence-electron chi connectivity index (χ2n) is 8.98. The number of halogens is 1. The second kappa shape index (κ2) is 9.87. The number of pyridine rings is 1. The second-order valence-corrected chi connectivity index (χ2v) is 10.9. The molecule has 0 unspecified atom stereocenters. The molecule has 1 amide bonds. The highest BCUT2D eigenvalue weighted by molar-refractivity contribution is 7.89. The number of hydrogen-bond donors (Lipinski definition) is 1. The summed E-state index contributed by atoms with van der Waals surface area (Å²) >= 11 is 0. The van der Waals surface area contributed by atoms with Gasteiger partial charge in [-0.25, -0.2) is 12.8 Å². The molecule has 0 spiro atoms. The highest BCUT2D eigenvalue weighted by Crippen LogP contribution is 2.40. The first-order valence-electron chi connectivity index (χ1n) is 11.8. The van der Waals surface area contributed by atoms with Crippen LogP contribution in [0.3, 0.4) is 0 Å². The van der Waals surface area contributed by atoms with E-state index in [4.69, 9.17) is 0 Å². The fraction of sp³-hybridized carbons (Fsp3) is 0.222. The van der Waals surface area contributed by atoms with Crippen LogP contribution in [-0.2, 0) is 26.2 Å². The Bertz CT molecular complexity index is 1470. The Hall–Kier alpha value is -3.89. The summed E-state index contributed by atoms with van der Waals surface area (Å²) in [6, 6.07) is 13.4.